The van der Waals surface area contributed by atoms with E-state index in [2.05, 4.69) is 20.8 Å². The molecule has 1 aliphatic carbocycles. The third-order valence-electron chi connectivity index (χ3n) is 5.11. The van der Waals surface area contributed by atoms with Crippen LogP contribution in [-0.4, -0.2) is 42.1 Å². The number of phenolic OH excluding ortho intramolecular Hbond substituents is 1. The molecule has 10 heteroatoms. The third-order valence-corrected chi connectivity index (χ3v) is 5.78. The fourth-order valence-electron chi connectivity index (χ4n) is 3.74. The first-order valence-electron chi connectivity index (χ1n) is 9.45. The molecular formula is C21H18Cl2N4O4. The van der Waals surface area contributed by atoms with Gasteiger partial charge < -0.3 is 20.6 Å². The number of aliphatic imine (C=N–C) groups is 1. The number of oxime groups is 1. The average molecular weight is 461 g/mol. The Morgan fingerprint density at radius 2 is 2.03 bits per heavy atom. The first-order chi connectivity index (χ1) is 14.9. The maximum atomic E-state index is 12.2. The second-order valence-electron chi connectivity index (χ2n) is 7.08. The summed E-state index contributed by atoms with van der Waals surface area (Å²) in [6.45, 7) is -0.0725. The molecule has 3 N–H and O–H groups in total. The number of carbonyl (C=O) groups excluding carboxylic acids is 2. The summed E-state index contributed by atoms with van der Waals surface area (Å²) in [5, 5.41) is 20.1. The minimum Gasteiger partial charge on any atom is -0.507 e. The van der Waals surface area contributed by atoms with Gasteiger partial charge in [-0.05, 0) is 47.7 Å². The number of nitrogens with one attached hydrogen (secondary N) is 2. The molecule has 2 aliphatic rings. The molecule has 0 radical (unpaired) electrons. The lowest BCUT2D eigenvalue weighted by atomic mass is 9.96. The van der Waals surface area contributed by atoms with Crippen LogP contribution in [0.5, 0.6) is 5.75 Å². The molecule has 8 nitrogen and oxygen atoms in total. The highest BCUT2D eigenvalue weighted by molar-refractivity contribution is 6.46. The molecule has 0 aromatic heterocycles. The van der Waals surface area contributed by atoms with Gasteiger partial charge in [0.1, 0.15) is 19.4 Å². The highest BCUT2D eigenvalue weighted by atomic mass is 35.5. The number of amidine groups is 1. The van der Waals surface area contributed by atoms with Crippen molar-refractivity contribution >= 4 is 52.3 Å². The summed E-state index contributed by atoms with van der Waals surface area (Å²) >= 11 is 13.0. The molecule has 4 rings (SSSR count). The highest BCUT2D eigenvalue weighted by Gasteiger charge is 2.26. The minimum atomic E-state index is -0.549. The maximum absolute atomic E-state index is 12.2. The lowest BCUT2D eigenvalue weighted by molar-refractivity contribution is -0.118. The Bertz CT molecular complexity index is 1140. The summed E-state index contributed by atoms with van der Waals surface area (Å²) in [5.74, 6) is -0.775. The van der Waals surface area contributed by atoms with Crippen molar-refractivity contribution in [3.05, 3.63) is 56.6 Å². The zero-order valence-corrected chi connectivity index (χ0v) is 18.0. The van der Waals surface area contributed by atoms with Crippen molar-refractivity contribution in [1.82, 2.24) is 5.32 Å². The van der Waals surface area contributed by atoms with E-state index in [-0.39, 0.29) is 24.0 Å². The molecule has 2 aromatic carbocycles. The van der Waals surface area contributed by atoms with Gasteiger partial charge in [0.05, 0.1) is 5.71 Å². The van der Waals surface area contributed by atoms with Gasteiger partial charge in [-0.3, -0.25) is 14.6 Å². The zero-order valence-electron chi connectivity index (χ0n) is 16.5. The zero-order chi connectivity index (χ0) is 22.1. The van der Waals surface area contributed by atoms with Gasteiger partial charge in [0.25, 0.3) is 5.91 Å². The van der Waals surface area contributed by atoms with Crippen LogP contribution in [0.2, 0.25) is 10.0 Å². The van der Waals surface area contributed by atoms with E-state index >= 15 is 0 Å². The summed E-state index contributed by atoms with van der Waals surface area (Å²) in [5.41, 5.74) is 4.42. The fraction of sp³-hybridized carbons (Fsp3) is 0.238. The predicted molar refractivity (Wildman–Crippen MR) is 118 cm³/mol. The molecule has 0 saturated carbocycles. The van der Waals surface area contributed by atoms with E-state index in [1.54, 1.807) is 18.2 Å². The molecule has 0 fully saturated rings. The van der Waals surface area contributed by atoms with E-state index < -0.39 is 5.91 Å². The summed E-state index contributed by atoms with van der Waals surface area (Å²) in [4.78, 5) is 32.2. The van der Waals surface area contributed by atoms with Crippen molar-refractivity contribution in [3.8, 4) is 5.75 Å². The van der Waals surface area contributed by atoms with Crippen molar-refractivity contribution in [2.45, 2.75) is 19.3 Å². The number of hydrogen-bond acceptors (Lipinski definition) is 6. The van der Waals surface area contributed by atoms with Gasteiger partial charge in [-0.1, -0.05) is 34.4 Å². The van der Waals surface area contributed by atoms with E-state index in [9.17, 15) is 14.7 Å². The molecule has 0 atom stereocenters. The molecule has 0 saturated heterocycles. The van der Waals surface area contributed by atoms with Crippen LogP contribution in [0.1, 0.15) is 28.7 Å². The number of carbonyl (C=O) groups is 2. The van der Waals surface area contributed by atoms with Crippen LogP contribution in [0.15, 0.2) is 34.4 Å². The SMILES string of the molecule is CO/N=C1\CCc2c(Cc3c(Cl)cc(NC(=O)C4=NCC(=O)N4)cc3Cl)ccc(O)c21. The van der Waals surface area contributed by atoms with Gasteiger partial charge in [-0.25, -0.2) is 0 Å². The quantitative estimate of drug-likeness (QED) is 0.595. The minimum absolute atomic E-state index is 0.0468. The molecular weight excluding hydrogens is 443 g/mol. The Morgan fingerprint density at radius 1 is 1.29 bits per heavy atom. The Balaban J connectivity index is 1.59. The number of amides is 2. The van der Waals surface area contributed by atoms with Gasteiger partial charge in [-0.2, -0.15) is 0 Å². The van der Waals surface area contributed by atoms with Gasteiger partial charge in [0, 0.05) is 27.7 Å². The predicted octanol–water partition coefficient (Wildman–Crippen LogP) is 3.05. The topological polar surface area (TPSA) is 112 Å². The van der Waals surface area contributed by atoms with Crippen molar-refractivity contribution in [1.29, 1.82) is 0 Å². The molecule has 0 unspecified atom stereocenters. The molecule has 1 heterocycles. The Morgan fingerprint density at radius 3 is 2.68 bits per heavy atom. The van der Waals surface area contributed by atoms with Crippen LogP contribution in [0, 0.1) is 0 Å². The fourth-order valence-corrected chi connectivity index (χ4v) is 4.36. The monoisotopic (exact) mass is 460 g/mol. The number of anilines is 1. The van der Waals surface area contributed by atoms with Crippen molar-refractivity contribution in [2.24, 2.45) is 10.1 Å². The van der Waals surface area contributed by atoms with Crippen LogP contribution in [-0.2, 0) is 27.3 Å². The summed E-state index contributed by atoms with van der Waals surface area (Å²) < 4.78 is 0. The Labute approximate surface area is 187 Å². The number of benzene rings is 2. The standard InChI is InChI=1S/C21H18Cl2N4O4/c1-31-27-16-4-3-12-10(2-5-17(28)19(12)16)6-13-14(22)7-11(8-15(13)23)25-21(30)20-24-9-18(29)26-20/h2,5,7-8,28H,3-4,6,9H2,1H3,(H,25,30)(H,24,26,29)/b27-16+. The van der Waals surface area contributed by atoms with Crippen molar-refractivity contribution in [3.63, 3.8) is 0 Å². The molecule has 0 spiro atoms. The number of aromatic hydroxyl groups is 1. The lowest BCUT2D eigenvalue weighted by Gasteiger charge is -2.14. The van der Waals surface area contributed by atoms with Gasteiger partial charge >= 0.3 is 0 Å². The lowest BCUT2D eigenvalue weighted by Crippen LogP contribution is -2.34. The smallest absolute Gasteiger partial charge is 0.291 e. The van der Waals surface area contributed by atoms with E-state index in [1.165, 1.54) is 7.11 Å². The summed E-state index contributed by atoms with van der Waals surface area (Å²) in [7, 11) is 1.47. The average Bonchev–Trinajstić information content (AvgIpc) is 3.34. The number of phenols is 1. The second-order valence-corrected chi connectivity index (χ2v) is 7.89. The molecule has 1 aliphatic heterocycles. The van der Waals surface area contributed by atoms with Gasteiger partial charge in [-0.15, -0.1) is 0 Å². The molecule has 2 aromatic rings. The number of rotatable bonds is 5. The summed E-state index contributed by atoms with van der Waals surface area (Å²) in [6, 6.07) is 6.65. The molecule has 0 bridgehead atoms. The largest absolute Gasteiger partial charge is 0.507 e. The Kier molecular flexibility index (Phi) is 5.84. The van der Waals surface area contributed by atoms with Crippen molar-refractivity contribution in [2.75, 3.05) is 19.0 Å². The molecule has 160 valence electrons. The van der Waals surface area contributed by atoms with Gasteiger partial charge in [0.15, 0.2) is 5.84 Å². The van der Waals surface area contributed by atoms with Gasteiger partial charge in [0.2, 0.25) is 5.91 Å². The third kappa shape index (κ3) is 4.22. The number of halogens is 2. The normalized spacial score (nSPS) is 16.2. The number of hydrogen-bond donors (Lipinski definition) is 3. The summed E-state index contributed by atoms with van der Waals surface area (Å²) in [6.07, 6.45) is 1.83. The first-order valence-corrected chi connectivity index (χ1v) is 10.2. The van der Waals surface area contributed by atoms with E-state index in [0.717, 1.165) is 17.5 Å². The van der Waals surface area contributed by atoms with E-state index in [4.69, 9.17) is 28.0 Å². The number of fused-ring (bicyclic) bond motifs is 1. The second kappa shape index (κ2) is 8.56. The van der Waals surface area contributed by atoms with Crippen molar-refractivity contribution < 1.29 is 19.5 Å². The van der Waals surface area contributed by atoms with E-state index in [0.29, 0.717) is 45.4 Å². The number of nitrogens with zero attached hydrogens (tertiary/aromatic N) is 2. The van der Waals surface area contributed by atoms with E-state index in [1.807, 2.05) is 6.07 Å². The van der Waals surface area contributed by atoms with Crippen LogP contribution in [0.4, 0.5) is 5.69 Å². The maximum Gasteiger partial charge on any atom is 0.291 e. The van der Waals surface area contributed by atoms with Crippen LogP contribution in [0.25, 0.3) is 0 Å². The van der Waals surface area contributed by atoms with Crippen LogP contribution < -0.4 is 10.6 Å². The van der Waals surface area contributed by atoms with Crippen LogP contribution >= 0.6 is 23.2 Å². The molecule has 2 amide bonds. The van der Waals surface area contributed by atoms with Crippen LogP contribution in [0.3, 0.4) is 0 Å². The Hall–Kier alpha value is -3.10. The first kappa shape index (κ1) is 21.1. The molecule has 31 heavy (non-hydrogen) atoms. The highest BCUT2D eigenvalue weighted by Crippen LogP contribution is 2.37.